The molecule has 0 saturated heterocycles. The number of benzene rings is 5. The highest BCUT2D eigenvalue weighted by atomic mass is 32.1. The van der Waals surface area contributed by atoms with E-state index >= 15 is 0 Å². The van der Waals surface area contributed by atoms with Crippen molar-refractivity contribution in [1.29, 1.82) is 0 Å². The summed E-state index contributed by atoms with van der Waals surface area (Å²) < 4.78 is 30.4. The topological polar surface area (TPSA) is 46.2 Å². The van der Waals surface area contributed by atoms with Crippen molar-refractivity contribution >= 4 is 63.1 Å². The van der Waals surface area contributed by atoms with E-state index in [0.29, 0.717) is 30.5 Å². The molecule has 0 radical (unpaired) electrons. The minimum Gasteiger partial charge on any atom is -0.378 e. The molecule has 0 aromatic heterocycles. The van der Waals surface area contributed by atoms with Gasteiger partial charge in [0.25, 0.3) is 0 Å². The van der Waals surface area contributed by atoms with Crippen LogP contribution in [0.4, 0.5) is 23.5 Å². The second kappa shape index (κ2) is 76.4. The summed E-state index contributed by atoms with van der Waals surface area (Å²) in [5, 5.41) is 0. The van der Waals surface area contributed by atoms with E-state index in [0.717, 1.165) is 87.1 Å². The third kappa shape index (κ3) is 57.2. The van der Waals surface area contributed by atoms with Gasteiger partial charge in [-0.1, -0.05) is 224 Å². The van der Waals surface area contributed by atoms with Crippen LogP contribution >= 0.6 is 63.1 Å². The number of unbranched alkanes of at least 4 members (excludes halogenated alkanes) is 20. The summed E-state index contributed by atoms with van der Waals surface area (Å²) in [7, 11) is 0. The summed E-state index contributed by atoms with van der Waals surface area (Å²) in [4.78, 5) is 5.28. The largest absolute Gasteiger partial charge is 0.378 e. The average Bonchev–Trinajstić information content (AvgIpc) is 0.908. The Morgan fingerprint density at radius 2 is 0.325 bits per heavy atom. The molecule has 5 aromatic carbocycles. The molecule has 0 amide bonds. The molecule has 0 N–H and O–H groups in total. The normalized spacial score (nSPS) is 20.6. The third-order valence-electron chi connectivity index (χ3n) is 25.9. The second-order valence-electron chi connectivity index (χ2n) is 35.7. The van der Waals surface area contributed by atoms with Gasteiger partial charge in [0.2, 0.25) is 0 Å². The quantitative estimate of drug-likeness (QED) is 0.0153. The van der Waals surface area contributed by atoms with E-state index in [-0.39, 0.29) is 23.5 Å². The first kappa shape index (κ1) is 115. The molecular formula is C105H175F5O5S5. The van der Waals surface area contributed by atoms with Gasteiger partial charge in [-0.25, -0.2) is 0 Å². The van der Waals surface area contributed by atoms with E-state index in [1.807, 2.05) is 0 Å². The first-order valence-electron chi connectivity index (χ1n) is 48.4. The zero-order chi connectivity index (χ0) is 81.7. The van der Waals surface area contributed by atoms with Gasteiger partial charge in [0, 0.05) is 57.5 Å². The van der Waals surface area contributed by atoms with Gasteiger partial charge >= 0.3 is 0 Å². The molecule has 0 spiro atoms. The van der Waals surface area contributed by atoms with Crippen LogP contribution in [-0.4, -0.2) is 63.6 Å². The number of hydrogen-bond donors (Lipinski definition) is 5. The number of rotatable bonds is 50. The molecule has 10 rings (SSSR count). The molecule has 15 heteroatoms. The Bertz CT molecular complexity index is 2530. The van der Waals surface area contributed by atoms with E-state index in [2.05, 4.69) is 219 Å². The lowest BCUT2D eigenvalue weighted by molar-refractivity contribution is 0.0152. The SMILES string of the molecule is CCCCCCCOC1CCC(CCc2ccc(S)cc2)CC1.CCCCCCCOC1CCC(CCc2ccc(S)cc2)CC1.CCCCCCCOC1CCC(CCc2ccc(S)cc2)CC1.CCCCCCCOC1CCC(CCc2ccc(S)cc2)CC1.CCCCCCCOC1CCC(CCc2ccc(S)cc2)CC1.F.F.F.F.F. The van der Waals surface area contributed by atoms with Gasteiger partial charge < -0.3 is 23.7 Å². The van der Waals surface area contributed by atoms with E-state index in [1.165, 1.54) is 381 Å². The molecule has 0 bridgehead atoms. The van der Waals surface area contributed by atoms with Gasteiger partial charge in [-0.05, 0) is 343 Å². The second-order valence-corrected chi connectivity index (χ2v) is 38.2. The van der Waals surface area contributed by atoms with Crippen LogP contribution in [0.1, 0.15) is 383 Å². The first-order chi connectivity index (χ1) is 56.4. The highest BCUT2D eigenvalue weighted by Gasteiger charge is 2.26. The van der Waals surface area contributed by atoms with Gasteiger partial charge in [-0.2, -0.15) is 0 Å². The zero-order valence-corrected chi connectivity index (χ0v) is 80.5. The Hall–Kier alpha value is -2.70. The fraction of sp³-hybridized carbons (Fsp3) is 0.714. The van der Waals surface area contributed by atoms with Crippen LogP contribution in [0.25, 0.3) is 0 Å². The summed E-state index contributed by atoms with van der Waals surface area (Å²) in [6.45, 7) is 16.2. The van der Waals surface area contributed by atoms with E-state index in [1.54, 1.807) is 0 Å². The number of halogens is 5. The van der Waals surface area contributed by atoms with Gasteiger partial charge in [0.05, 0.1) is 30.5 Å². The van der Waals surface area contributed by atoms with E-state index in [4.69, 9.17) is 23.7 Å². The first-order valence-corrected chi connectivity index (χ1v) is 50.6. The molecule has 120 heavy (non-hydrogen) atoms. The van der Waals surface area contributed by atoms with Crippen LogP contribution in [0.15, 0.2) is 146 Å². The summed E-state index contributed by atoms with van der Waals surface area (Å²) in [6, 6.07) is 43.2. The Labute approximate surface area is 759 Å². The van der Waals surface area contributed by atoms with Crippen molar-refractivity contribution < 1.29 is 47.2 Å². The fourth-order valence-electron chi connectivity index (χ4n) is 17.9. The lowest BCUT2D eigenvalue weighted by Gasteiger charge is -2.28. The molecule has 0 aliphatic heterocycles. The van der Waals surface area contributed by atoms with E-state index in [9.17, 15) is 0 Å². The molecule has 5 nitrogen and oxygen atoms in total. The summed E-state index contributed by atoms with van der Waals surface area (Å²) in [5.74, 6) is 4.49. The molecule has 690 valence electrons. The number of aryl methyl sites for hydroxylation is 5. The Kier molecular flexibility index (Phi) is 73.4. The van der Waals surface area contributed by atoms with E-state index < -0.39 is 0 Å². The summed E-state index contributed by atoms with van der Waals surface area (Å²) in [5.41, 5.74) is 7.26. The van der Waals surface area contributed by atoms with Crippen LogP contribution in [-0.2, 0) is 55.8 Å². The van der Waals surface area contributed by atoms with Crippen molar-refractivity contribution in [2.75, 3.05) is 33.0 Å². The maximum absolute atomic E-state index is 6.08. The zero-order valence-electron chi connectivity index (χ0n) is 76.1. The predicted molar refractivity (Wildman–Crippen MR) is 525 cm³/mol. The molecule has 5 fully saturated rings. The summed E-state index contributed by atoms with van der Waals surface area (Å²) in [6.07, 6.45) is 75.0. The third-order valence-corrected chi connectivity index (χ3v) is 27.4. The van der Waals surface area contributed by atoms with Gasteiger partial charge in [-0.15, -0.1) is 63.1 Å². The smallest absolute Gasteiger partial charge is 0.0575 e. The van der Waals surface area contributed by atoms with Crippen molar-refractivity contribution in [2.45, 2.75) is 443 Å². The van der Waals surface area contributed by atoms with Crippen molar-refractivity contribution in [2.24, 2.45) is 29.6 Å². The Morgan fingerprint density at radius 1 is 0.192 bits per heavy atom. The number of hydrogen-bond acceptors (Lipinski definition) is 10. The maximum atomic E-state index is 6.08. The molecule has 0 heterocycles. The van der Waals surface area contributed by atoms with Gasteiger partial charge in [-0.3, -0.25) is 23.5 Å². The molecule has 5 aliphatic rings. The van der Waals surface area contributed by atoms with Gasteiger partial charge in [0.15, 0.2) is 0 Å². The van der Waals surface area contributed by atoms with Crippen molar-refractivity contribution in [3.05, 3.63) is 149 Å². The monoisotopic (exact) mass is 1770 g/mol. The maximum Gasteiger partial charge on any atom is 0.0575 e. The van der Waals surface area contributed by atoms with Crippen LogP contribution < -0.4 is 0 Å². The van der Waals surface area contributed by atoms with Crippen molar-refractivity contribution in [1.82, 2.24) is 0 Å². The molecule has 0 unspecified atom stereocenters. The van der Waals surface area contributed by atoms with Gasteiger partial charge in [0.1, 0.15) is 0 Å². The minimum atomic E-state index is 0. The van der Waals surface area contributed by atoms with Crippen LogP contribution in [0.3, 0.4) is 0 Å². The van der Waals surface area contributed by atoms with Crippen LogP contribution in [0.5, 0.6) is 0 Å². The lowest BCUT2D eigenvalue weighted by atomic mass is 9.84. The predicted octanol–water partition coefficient (Wildman–Crippen LogP) is 33.0. The molecular weight excluding hydrogens is 1600 g/mol. The highest BCUT2D eigenvalue weighted by Crippen LogP contribution is 2.36. The Morgan fingerprint density at radius 3 is 0.458 bits per heavy atom. The Balaban J connectivity index is 0.000000742. The van der Waals surface area contributed by atoms with Crippen molar-refractivity contribution in [3.63, 3.8) is 0 Å². The minimum absolute atomic E-state index is 0. The highest BCUT2D eigenvalue weighted by molar-refractivity contribution is 7.81. The molecule has 0 atom stereocenters. The van der Waals surface area contributed by atoms with Crippen molar-refractivity contribution in [3.8, 4) is 0 Å². The number of thiol groups is 5. The fourth-order valence-corrected chi connectivity index (χ4v) is 18.6. The molecule has 5 saturated carbocycles. The van der Waals surface area contributed by atoms with Crippen LogP contribution in [0.2, 0.25) is 0 Å². The number of ether oxygens (including phenoxy) is 5. The standard InChI is InChI=1S/5C21H34OS.5FH/c5*1-2-3-4-5-6-17-22-20-13-9-18(10-14-20)7-8-19-11-15-21(23)16-12-19;;;;;/h5*11-12,15-16,18,20,23H,2-10,13-14,17H2,1H3;5*1H. The molecule has 5 aromatic rings. The van der Waals surface area contributed by atoms with Crippen LogP contribution in [0, 0.1) is 29.6 Å². The average molecular weight is 1770 g/mol. The summed E-state index contributed by atoms with van der Waals surface area (Å²) >= 11 is 21.7. The lowest BCUT2D eigenvalue weighted by Crippen LogP contribution is -2.22. The molecule has 5 aliphatic carbocycles.